The van der Waals surface area contributed by atoms with Crippen molar-refractivity contribution in [1.82, 2.24) is 0 Å². The molecule has 0 heterocycles. The zero-order valence-corrected chi connectivity index (χ0v) is 10.5. The summed E-state index contributed by atoms with van der Waals surface area (Å²) in [4.78, 5) is 11.4. The highest BCUT2D eigenvalue weighted by Gasteiger charge is 2.08. The number of ether oxygens (including phenoxy) is 1. The summed E-state index contributed by atoms with van der Waals surface area (Å²) >= 11 is 0. The van der Waals surface area contributed by atoms with Crippen LogP contribution in [-0.2, 0) is 11.2 Å². The van der Waals surface area contributed by atoms with E-state index in [1.54, 1.807) is 18.2 Å². The molecule has 0 aromatic heterocycles. The number of aryl methyl sites for hydroxylation is 1. The lowest BCUT2D eigenvalue weighted by Crippen LogP contribution is -2.03. The van der Waals surface area contributed by atoms with E-state index in [-0.39, 0.29) is 5.97 Å². The normalized spacial score (nSPS) is 11.4. The van der Waals surface area contributed by atoms with Gasteiger partial charge in [0.15, 0.2) is 0 Å². The molecule has 17 heavy (non-hydrogen) atoms. The molecule has 0 aliphatic rings. The van der Waals surface area contributed by atoms with Gasteiger partial charge in [-0.1, -0.05) is 13.0 Å². The second-order valence-electron chi connectivity index (χ2n) is 3.91. The van der Waals surface area contributed by atoms with Crippen LogP contribution in [0.5, 0.6) is 0 Å². The van der Waals surface area contributed by atoms with Crippen molar-refractivity contribution in [3.8, 4) is 0 Å². The third kappa shape index (κ3) is 3.63. The molecule has 0 unspecified atom stereocenters. The highest BCUT2D eigenvalue weighted by atomic mass is 16.5. The van der Waals surface area contributed by atoms with Gasteiger partial charge in [-0.05, 0) is 42.7 Å². The summed E-state index contributed by atoms with van der Waals surface area (Å²) in [6, 6.07) is 5.35. The van der Waals surface area contributed by atoms with Crippen LogP contribution in [0.25, 0.3) is 0 Å². The van der Waals surface area contributed by atoms with Crippen molar-refractivity contribution in [2.75, 3.05) is 7.11 Å². The van der Waals surface area contributed by atoms with E-state index in [0.717, 1.165) is 17.5 Å². The molecule has 0 spiro atoms. The Hall–Kier alpha value is -1.77. The maximum Gasteiger partial charge on any atom is 0.337 e. The van der Waals surface area contributed by atoms with Crippen molar-refractivity contribution in [3.63, 3.8) is 0 Å². The molecule has 1 N–H and O–H groups in total. The first-order valence-corrected chi connectivity index (χ1v) is 5.64. The van der Waals surface area contributed by atoms with Crippen molar-refractivity contribution in [2.45, 2.75) is 26.7 Å². The number of allylic oxidation sites excluding steroid dienone is 2. The van der Waals surface area contributed by atoms with E-state index < -0.39 is 0 Å². The van der Waals surface area contributed by atoms with E-state index in [4.69, 9.17) is 0 Å². The zero-order valence-electron chi connectivity index (χ0n) is 10.5. The first-order valence-electron chi connectivity index (χ1n) is 5.64. The Kier molecular flexibility index (Phi) is 4.76. The van der Waals surface area contributed by atoms with Crippen LogP contribution >= 0.6 is 0 Å². The van der Waals surface area contributed by atoms with Gasteiger partial charge in [-0.15, -0.1) is 0 Å². The molecule has 3 nitrogen and oxygen atoms in total. The quantitative estimate of drug-likeness (QED) is 0.643. The Bertz CT molecular complexity index is 433. The fourth-order valence-corrected chi connectivity index (χ4v) is 1.61. The van der Waals surface area contributed by atoms with Crippen LogP contribution in [-0.4, -0.2) is 18.2 Å². The van der Waals surface area contributed by atoms with E-state index in [2.05, 4.69) is 4.74 Å². The van der Waals surface area contributed by atoms with Crippen molar-refractivity contribution in [1.29, 1.82) is 0 Å². The molecule has 0 aliphatic heterocycles. The molecule has 92 valence electrons. The van der Waals surface area contributed by atoms with Crippen LogP contribution < -0.4 is 0 Å². The fraction of sp³-hybridized carbons (Fsp3) is 0.357. The summed E-state index contributed by atoms with van der Waals surface area (Å²) in [7, 11) is 1.36. The minimum absolute atomic E-state index is 0.331. The summed E-state index contributed by atoms with van der Waals surface area (Å²) in [5.74, 6) is -0.0252. The maximum atomic E-state index is 11.4. The van der Waals surface area contributed by atoms with Gasteiger partial charge in [0, 0.05) is 6.42 Å². The average molecular weight is 234 g/mol. The topological polar surface area (TPSA) is 46.5 Å². The second-order valence-corrected chi connectivity index (χ2v) is 3.91. The Morgan fingerprint density at radius 3 is 2.76 bits per heavy atom. The molecule has 0 fully saturated rings. The molecule has 0 aliphatic carbocycles. The summed E-state index contributed by atoms with van der Waals surface area (Å²) in [6.45, 7) is 3.92. The molecular formula is C14H18O3. The van der Waals surface area contributed by atoms with E-state index in [1.807, 2.05) is 19.9 Å². The van der Waals surface area contributed by atoms with E-state index in [0.29, 0.717) is 17.7 Å². The predicted octanol–water partition coefficient (Wildman–Crippen LogP) is 3.18. The van der Waals surface area contributed by atoms with Gasteiger partial charge in [-0.2, -0.15) is 0 Å². The number of carbonyl (C=O) groups is 1. The summed E-state index contributed by atoms with van der Waals surface area (Å²) < 4.78 is 4.67. The van der Waals surface area contributed by atoms with Crippen molar-refractivity contribution >= 4 is 5.97 Å². The number of hydrogen-bond donors (Lipinski definition) is 1. The number of hydrogen-bond acceptors (Lipinski definition) is 3. The zero-order chi connectivity index (χ0) is 12.8. The largest absolute Gasteiger partial charge is 0.512 e. The molecule has 0 bridgehead atoms. The summed E-state index contributed by atoms with van der Waals surface area (Å²) in [6.07, 6.45) is 3.01. The van der Waals surface area contributed by atoms with Gasteiger partial charge in [0.2, 0.25) is 0 Å². The lowest BCUT2D eigenvalue weighted by atomic mass is 10.0. The third-order valence-corrected chi connectivity index (χ3v) is 2.58. The van der Waals surface area contributed by atoms with Crippen molar-refractivity contribution in [3.05, 3.63) is 46.7 Å². The predicted molar refractivity (Wildman–Crippen MR) is 67.2 cm³/mol. The van der Waals surface area contributed by atoms with Crippen LogP contribution in [0.3, 0.4) is 0 Å². The maximum absolute atomic E-state index is 11.4. The van der Waals surface area contributed by atoms with E-state index >= 15 is 0 Å². The van der Waals surface area contributed by atoms with E-state index in [1.165, 1.54) is 7.11 Å². The van der Waals surface area contributed by atoms with Crippen LogP contribution in [0.2, 0.25) is 0 Å². The standard InChI is InChI=1S/C14H18O3/c1-4-5-13(15)9-12-8-11(14(16)17-3)7-6-10(12)2/h5-8,15H,4,9H2,1-3H3. The summed E-state index contributed by atoms with van der Waals surface area (Å²) in [5.41, 5.74) is 2.50. The van der Waals surface area contributed by atoms with Crippen LogP contribution in [0.15, 0.2) is 30.0 Å². The van der Waals surface area contributed by atoms with Crippen molar-refractivity contribution < 1.29 is 14.6 Å². The van der Waals surface area contributed by atoms with Crippen molar-refractivity contribution in [2.24, 2.45) is 0 Å². The number of benzene rings is 1. The molecule has 0 amide bonds. The first-order chi connectivity index (χ1) is 8.08. The lowest BCUT2D eigenvalue weighted by Gasteiger charge is -2.07. The Morgan fingerprint density at radius 1 is 1.47 bits per heavy atom. The molecule has 3 heteroatoms. The van der Waals surface area contributed by atoms with Crippen LogP contribution in [0.1, 0.15) is 34.8 Å². The minimum atomic E-state index is -0.356. The molecule has 0 atom stereocenters. The summed E-state index contributed by atoms with van der Waals surface area (Å²) in [5, 5.41) is 9.66. The van der Waals surface area contributed by atoms with Gasteiger partial charge < -0.3 is 9.84 Å². The van der Waals surface area contributed by atoms with Gasteiger partial charge in [0.25, 0.3) is 0 Å². The molecule has 0 radical (unpaired) electrons. The van der Waals surface area contributed by atoms with Crippen LogP contribution in [0, 0.1) is 6.92 Å². The lowest BCUT2D eigenvalue weighted by molar-refractivity contribution is 0.0600. The number of rotatable bonds is 4. The Balaban J connectivity index is 2.98. The first kappa shape index (κ1) is 13.3. The molecule has 0 saturated heterocycles. The highest BCUT2D eigenvalue weighted by Crippen LogP contribution is 2.15. The van der Waals surface area contributed by atoms with Gasteiger partial charge in [0.05, 0.1) is 18.4 Å². The number of methoxy groups -OCH3 is 1. The average Bonchev–Trinajstić information content (AvgIpc) is 2.31. The van der Waals surface area contributed by atoms with E-state index in [9.17, 15) is 9.90 Å². The third-order valence-electron chi connectivity index (χ3n) is 2.58. The second kappa shape index (κ2) is 6.09. The molecule has 1 aromatic rings. The van der Waals surface area contributed by atoms with Gasteiger partial charge >= 0.3 is 5.97 Å². The van der Waals surface area contributed by atoms with Crippen LogP contribution in [0.4, 0.5) is 0 Å². The number of aliphatic hydroxyl groups excluding tert-OH is 1. The van der Waals surface area contributed by atoms with Gasteiger partial charge in [0.1, 0.15) is 0 Å². The van der Waals surface area contributed by atoms with Gasteiger partial charge in [-0.25, -0.2) is 4.79 Å². The molecule has 0 saturated carbocycles. The Morgan fingerprint density at radius 2 is 2.18 bits per heavy atom. The monoisotopic (exact) mass is 234 g/mol. The van der Waals surface area contributed by atoms with Gasteiger partial charge in [-0.3, -0.25) is 0 Å². The SMILES string of the molecule is CCC=C(O)Cc1cc(C(=O)OC)ccc1C. The highest BCUT2D eigenvalue weighted by molar-refractivity contribution is 5.89. The number of carbonyl (C=O) groups excluding carboxylic acids is 1. The number of esters is 1. The molecule has 1 rings (SSSR count). The fourth-order valence-electron chi connectivity index (χ4n) is 1.61. The number of aliphatic hydroxyl groups is 1. The molecular weight excluding hydrogens is 216 g/mol. The minimum Gasteiger partial charge on any atom is -0.512 e. The molecule has 1 aromatic carbocycles. The Labute approximate surface area is 102 Å². The smallest absolute Gasteiger partial charge is 0.337 e.